The number of hydrogen-bond acceptors (Lipinski definition) is 12. The largest absolute Gasteiger partial charge is 0.491 e. The molecule has 3 aliphatic rings. The zero-order valence-electron chi connectivity index (χ0n) is 39.9. The first-order chi connectivity index (χ1) is 34.7. The van der Waals surface area contributed by atoms with Crippen molar-refractivity contribution >= 4 is 18.0 Å². The molecule has 0 aliphatic carbocycles. The van der Waals surface area contributed by atoms with Crippen molar-refractivity contribution in [2.75, 3.05) is 60.0 Å². The van der Waals surface area contributed by atoms with E-state index in [1.807, 2.05) is 84.9 Å². The maximum Gasteiger partial charge on any atom is 0.311 e. The molecule has 0 spiro atoms. The Labute approximate surface area is 415 Å². The standard InChI is InChI=1S/C41H41O10P.C17H18O2/c1-45-22-30(42)25-50-39-19-18-34(21-41(39)52(44)40-9-5-3-7-37(40)36-6-2-4-8-38(36)51-52)47-24-31(43)23-46-32-14-10-28(11-15-32)20-29-12-16-33(17-13-29)48-26-35-27-49-35;1-13-2-4-14(5-3-13)10-15-6-8-16(9-7-15)18-11-17-12-19-17/h2-19,21,30-31,35,42-43H,20,22-27H2,1H3;2-9,17H,10-12H2,1H3. The van der Waals surface area contributed by atoms with E-state index >= 15 is 4.57 Å². The number of aryl methyl sites for hydroxylation is 1. The van der Waals surface area contributed by atoms with E-state index in [1.54, 1.807) is 30.3 Å². The highest BCUT2D eigenvalue weighted by atomic mass is 31.2. The van der Waals surface area contributed by atoms with Crippen molar-refractivity contribution in [1.29, 1.82) is 0 Å². The summed E-state index contributed by atoms with van der Waals surface area (Å²) in [6, 6.07) is 52.6. The molecular weight excluding hydrogens is 920 g/mol. The summed E-state index contributed by atoms with van der Waals surface area (Å²) >= 11 is 0. The highest BCUT2D eigenvalue weighted by Gasteiger charge is 2.40. The van der Waals surface area contributed by atoms with Crippen molar-refractivity contribution in [3.05, 3.63) is 192 Å². The summed E-state index contributed by atoms with van der Waals surface area (Å²) in [4.78, 5) is 0. The van der Waals surface area contributed by atoms with Gasteiger partial charge in [-0.1, -0.05) is 103 Å². The number of benzene rings is 7. The van der Waals surface area contributed by atoms with Crippen LogP contribution in [-0.4, -0.2) is 94.6 Å². The average Bonchev–Trinajstić information content (AvgIpc) is 4.35. The zero-order valence-corrected chi connectivity index (χ0v) is 40.8. The molecule has 13 heteroatoms. The molecule has 0 saturated carbocycles. The summed E-state index contributed by atoms with van der Waals surface area (Å²) in [5.41, 5.74) is 7.86. The Morgan fingerprint density at radius 2 is 0.972 bits per heavy atom. The van der Waals surface area contributed by atoms with Gasteiger partial charge in [0, 0.05) is 12.7 Å². The number of rotatable bonds is 22. The van der Waals surface area contributed by atoms with Crippen LogP contribution in [0.3, 0.4) is 0 Å². The molecule has 7 aromatic carbocycles. The van der Waals surface area contributed by atoms with Gasteiger partial charge in [-0.15, -0.1) is 0 Å². The Balaban J connectivity index is 0.000000273. The molecule has 12 nitrogen and oxygen atoms in total. The highest BCUT2D eigenvalue weighted by Crippen LogP contribution is 2.55. The number of aliphatic hydroxyl groups excluding tert-OH is 2. The van der Waals surface area contributed by atoms with Crippen molar-refractivity contribution in [1.82, 2.24) is 0 Å². The van der Waals surface area contributed by atoms with Crippen LogP contribution in [0.1, 0.15) is 27.8 Å². The van der Waals surface area contributed by atoms with E-state index in [1.165, 1.54) is 23.8 Å². The van der Waals surface area contributed by atoms with Crippen LogP contribution in [0, 0.1) is 6.92 Å². The predicted molar refractivity (Wildman–Crippen MR) is 273 cm³/mol. The van der Waals surface area contributed by atoms with Crippen LogP contribution >= 0.6 is 7.37 Å². The van der Waals surface area contributed by atoms with Crippen LogP contribution < -0.4 is 38.8 Å². The molecule has 368 valence electrons. The minimum atomic E-state index is -3.78. The van der Waals surface area contributed by atoms with Crippen molar-refractivity contribution in [3.63, 3.8) is 0 Å². The summed E-state index contributed by atoms with van der Waals surface area (Å²) < 4.78 is 65.9. The van der Waals surface area contributed by atoms with Gasteiger partial charge in [0.25, 0.3) is 0 Å². The Kier molecular flexibility index (Phi) is 16.4. The first kappa shape index (κ1) is 49.4. The Hall–Kier alpha value is -6.63. The van der Waals surface area contributed by atoms with Crippen molar-refractivity contribution in [2.24, 2.45) is 0 Å². The van der Waals surface area contributed by atoms with Crippen molar-refractivity contribution < 1.29 is 57.2 Å². The summed E-state index contributed by atoms with van der Waals surface area (Å²) in [6.07, 6.45) is 0.414. The van der Waals surface area contributed by atoms with Gasteiger partial charge in [-0.05, 0) is 114 Å². The topological polar surface area (TPSA) is 147 Å². The Bertz CT molecular complexity index is 2850. The van der Waals surface area contributed by atoms with Crippen LogP contribution in [-0.2, 0) is 31.6 Å². The van der Waals surface area contributed by atoms with E-state index in [0.29, 0.717) is 41.9 Å². The fourth-order valence-corrected chi connectivity index (χ4v) is 10.3. The average molecular weight is 979 g/mol. The summed E-state index contributed by atoms with van der Waals surface area (Å²) in [7, 11) is -2.29. The monoisotopic (exact) mass is 978 g/mol. The minimum absolute atomic E-state index is 0.00388. The SMILES string of the molecule is COCC(O)COc1ccc(OCC(O)COc2ccc(Cc3ccc(OCC4CO4)cc3)cc2)cc1P1(=O)Oc2ccccc2-c2ccccc21.Cc1ccc(Cc2ccc(OCC3CO3)cc2)cc1. The second-order valence-corrected chi connectivity index (χ2v) is 20.0. The van der Waals surface area contributed by atoms with Crippen LogP contribution in [0.2, 0.25) is 0 Å². The van der Waals surface area contributed by atoms with E-state index in [-0.39, 0.29) is 43.6 Å². The lowest BCUT2D eigenvalue weighted by molar-refractivity contribution is 0.0327. The maximum absolute atomic E-state index is 15.0. The van der Waals surface area contributed by atoms with Crippen LogP contribution in [0.15, 0.2) is 164 Å². The van der Waals surface area contributed by atoms with E-state index in [4.69, 9.17) is 42.4 Å². The molecule has 0 bridgehead atoms. The second kappa shape index (κ2) is 23.5. The molecule has 2 N–H and O–H groups in total. The molecule has 10 rings (SSSR count). The summed E-state index contributed by atoms with van der Waals surface area (Å²) in [6.45, 7) is 4.88. The summed E-state index contributed by atoms with van der Waals surface area (Å²) in [5, 5.41) is 21.8. The van der Waals surface area contributed by atoms with Gasteiger partial charge in [0.2, 0.25) is 0 Å². The number of aliphatic hydroxyl groups is 2. The third-order valence-electron chi connectivity index (χ3n) is 11.9. The normalized spacial score (nSPS) is 18.0. The molecule has 0 amide bonds. The molecule has 3 heterocycles. The molecule has 71 heavy (non-hydrogen) atoms. The lowest BCUT2D eigenvalue weighted by Gasteiger charge is -2.30. The van der Waals surface area contributed by atoms with Gasteiger partial charge in [0.15, 0.2) is 0 Å². The molecule has 7 aromatic rings. The Morgan fingerprint density at radius 3 is 1.52 bits per heavy atom. The summed E-state index contributed by atoms with van der Waals surface area (Å²) in [5.74, 6) is 3.49. The number of para-hydroxylation sites is 1. The quantitative estimate of drug-likeness (QED) is 0.0494. The minimum Gasteiger partial charge on any atom is -0.491 e. The van der Waals surface area contributed by atoms with E-state index in [2.05, 4.69) is 55.5 Å². The van der Waals surface area contributed by atoms with E-state index < -0.39 is 19.6 Å². The first-order valence-electron chi connectivity index (χ1n) is 23.9. The zero-order chi connectivity index (χ0) is 49.0. The molecule has 0 radical (unpaired) electrons. The van der Waals surface area contributed by atoms with Gasteiger partial charge >= 0.3 is 7.37 Å². The third kappa shape index (κ3) is 13.8. The number of fused-ring (bicyclic) bond motifs is 3. The van der Waals surface area contributed by atoms with E-state index in [9.17, 15) is 10.2 Å². The lowest BCUT2D eigenvalue weighted by atomic mass is 10.0. The number of methoxy groups -OCH3 is 1. The van der Waals surface area contributed by atoms with Crippen LogP contribution in [0.4, 0.5) is 0 Å². The van der Waals surface area contributed by atoms with Gasteiger partial charge in [-0.3, -0.25) is 4.57 Å². The predicted octanol–water partition coefficient (Wildman–Crippen LogP) is 8.91. The highest BCUT2D eigenvalue weighted by molar-refractivity contribution is 7.75. The van der Waals surface area contributed by atoms with Gasteiger partial charge in [-0.2, -0.15) is 0 Å². The number of epoxide rings is 2. The van der Waals surface area contributed by atoms with Gasteiger partial charge in [0.1, 0.15) is 91.9 Å². The van der Waals surface area contributed by atoms with Crippen molar-refractivity contribution in [2.45, 2.75) is 44.2 Å². The third-order valence-corrected chi connectivity index (χ3v) is 14.4. The second-order valence-electron chi connectivity index (χ2n) is 17.8. The molecule has 2 saturated heterocycles. The number of hydrogen-bond donors (Lipinski definition) is 2. The molecule has 2 fully saturated rings. The van der Waals surface area contributed by atoms with Crippen LogP contribution in [0.25, 0.3) is 11.1 Å². The van der Waals surface area contributed by atoms with Gasteiger partial charge in [0.05, 0.1) is 30.4 Å². The fraction of sp³-hybridized carbons (Fsp3) is 0.276. The molecule has 0 aromatic heterocycles. The Morgan fingerprint density at radius 1 is 0.521 bits per heavy atom. The van der Waals surface area contributed by atoms with Crippen molar-refractivity contribution in [3.8, 4) is 45.6 Å². The van der Waals surface area contributed by atoms with E-state index in [0.717, 1.165) is 59.8 Å². The molecule has 5 unspecified atom stereocenters. The number of ether oxygens (including phenoxy) is 8. The smallest absolute Gasteiger partial charge is 0.311 e. The van der Waals surface area contributed by atoms with Crippen LogP contribution in [0.5, 0.6) is 34.5 Å². The molecule has 5 atom stereocenters. The maximum atomic E-state index is 15.0. The van der Waals surface area contributed by atoms with Gasteiger partial charge in [-0.25, -0.2) is 0 Å². The first-order valence-corrected chi connectivity index (χ1v) is 25.5. The molecular formula is C58H59O12P. The fourth-order valence-electron chi connectivity index (χ4n) is 7.89. The lowest BCUT2D eigenvalue weighted by Crippen LogP contribution is -2.29. The molecule has 3 aliphatic heterocycles. The van der Waals surface area contributed by atoms with Gasteiger partial charge < -0.3 is 52.6 Å².